The molecule has 4 heteroatoms. The van der Waals surface area contributed by atoms with Crippen LogP contribution in [0.3, 0.4) is 0 Å². The van der Waals surface area contributed by atoms with Crippen LogP contribution in [0.25, 0.3) is 0 Å². The Kier molecular flexibility index (Phi) is 6.14. The van der Waals surface area contributed by atoms with Crippen molar-refractivity contribution in [2.75, 3.05) is 0 Å². The maximum absolute atomic E-state index is 13.8. The van der Waals surface area contributed by atoms with Crippen LogP contribution in [0.4, 0.5) is 0 Å². The summed E-state index contributed by atoms with van der Waals surface area (Å²) in [5.74, 6) is 3.23. The summed E-state index contributed by atoms with van der Waals surface area (Å²) in [7, 11) is 0. The highest BCUT2D eigenvalue weighted by Crippen LogP contribution is 2.68. The normalized spacial score (nSPS) is 48.6. The number of fused-ring (bicyclic) bond motifs is 7. The fraction of sp³-hybridized carbons (Fsp3) is 0.967. The van der Waals surface area contributed by atoms with Crippen molar-refractivity contribution in [2.24, 2.45) is 46.3 Å². The van der Waals surface area contributed by atoms with Crippen molar-refractivity contribution in [3.63, 3.8) is 0 Å². The van der Waals surface area contributed by atoms with Crippen molar-refractivity contribution in [1.29, 1.82) is 0 Å². The van der Waals surface area contributed by atoms with E-state index in [1.165, 1.54) is 32.1 Å². The van der Waals surface area contributed by atoms with E-state index in [-0.39, 0.29) is 23.5 Å². The Bertz CT molecular complexity index is 798. The summed E-state index contributed by atoms with van der Waals surface area (Å²) >= 11 is 0. The van der Waals surface area contributed by atoms with Crippen LogP contribution in [0.15, 0.2) is 0 Å². The molecule has 0 bridgehead atoms. The molecule has 34 heavy (non-hydrogen) atoms. The van der Waals surface area contributed by atoms with Gasteiger partial charge in [-0.3, -0.25) is 4.79 Å². The van der Waals surface area contributed by atoms with Gasteiger partial charge in [0.2, 0.25) is 0 Å². The summed E-state index contributed by atoms with van der Waals surface area (Å²) in [6.45, 7) is 15.3. The third-order valence-corrected chi connectivity index (χ3v) is 11.5. The van der Waals surface area contributed by atoms with Gasteiger partial charge in [-0.25, -0.2) is 0 Å². The highest BCUT2D eigenvalue weighted by atomic mass is 16.8. The van der Waals surface area contributed by atoms with Crippen LogP contribution in [-0.4, -0.2) is 34.5 Å². The zero-order valence-electron chi connectivity index (χ0n) is 22.9. The number of hydrogen-bond acceptors (Lipinski definition) is 4. The molecule has 0 amide bonds. The molecule has 5 rings (SSSR count). The van der Waals surface area contributed by atoms with Gasteiger partial charge in [-0.15, -0.1) is 0 Å². The number of Topliss-reactive ketones (excluding diaryl/α,β-unsaturated/α-hetero) is 1. The number of ketones is 1. The summed E-state index contributed by atoms with van der Waals surface area (Å²) in [6.07, 6.45) is 11.3. The molecule has 4 saturated carbocycles. The second kappa shape index (κ2) is 8.28. The second-order valence-electron chi connectivity index (χ2n) is 14.6. The Morgan fingerprint density at radius 3 is 2.38 bits per heavy atom. The number of carbonyl (C=O) groups is 1. The van der Waals surface area contributed by atoms with E-state index in [0.717, 1.165) is 38.0 Å². The van der Waals surface area contributed by atoms with E-state index in [4.69, 9.17) is 9.47 Å². The zero-order chi connectivity index (χ0) is 24.7. The molecule has 1 heterocycles. The van der Waals surface area contributed by atoms with E-state index in [1.54, 1.807) is 0 Å². The van der Waals surface area contributed by atoms with Crippen molar-refractivity contribution < 1.29 is 19.4 Å². The van der Waals surface area contributed by atoms with Crippen molar-refractivity contribution >= 4 is 5.78 Å². The first-order valence-corrected chi connectivity index (χ1v) is 14.4. The molecule has 0 radical (unpaired) electrons. The third kappa shape index (κ3) is 4.02. The summed E-state index contributed by atoms with van der Waals surface area (Å²) in [6, 6.07) is 0. The van der Waals surface area contributed by atoms with Gasteiger partial charge in [-0.1, -0.05) is 33.6 Å². The van der Waals surface area contributed by atoms with Gasteiger partial charge in [-0.05, 0) is 113 Å². The minimum Gasteiger partial charge on any atom is -0.390 e. The second-order valence-corrected chi connectivity index (χ2v) is 14.6. The number of carbonyl (C=O) groups excluding carboxylic acids is 1. The van der Waals surface area contributed by atoms with Crippen LogP contribution in [0.2, 0.25) is 0 Å². The van der Waals surface area contributed by atoms with Gasteiger partial charge < -0.3 is 14.6 Å². The average Bonchev–Trinajstić information content (AvgIpc) is 3.21. The first-order valence-electron chi connectivity index (χ1n) is 14.4. The van der Waals surface area contributed by atoms with Gasteiger partial charge in [0.1, 0.15) is 5.78 Å². The van der Waals surface area contributed by atoms with Crippen LogP contribution < -0.4 is 0 Å². The number of ether oxygens (including phenoxy) is 2. The topological polar surface area (TPSA) is 55.8 Å². The zero-order valence-corrected chi connectivity index (χ0v) is 22.9. The van der Waals surface area contributed by atoms with Gasteiger partial charge in [0, 0.05) is 6.42 Å². The third-order valence-electron chi connectivity index (χ3n) is 11.5. The molecule has 4 nitrogen and oxygen atoms in total. The fourth-order valence-electron chi connectivity index (χ4n) is 10.1. The standard InChI is InChI=1S/C30H50O4/c1-18(9-8-14-27(2,3)32)20-10-11-21-19-17-23(31)25-26-24(33-28(4,5)34-26)13-16-30(25,7)22(19)12-15-29(20,21)6/h18-22,24-26,32H,8-17H2,1-7H3/t18-,19+,20-,21+,22+,24+,25+,26+,29-,30-/m1/s1. The molecule has 1 saturated heterocycles. The van der Waals surface area contributed by atoms with Crippen LogP contribution in [0, 0.1) is 46.3 Å². The molecule has 5 aliphatic rings. The summed E-state index contributed by atoms with van der Waals surface area (Å²) in [4.78, 5) is 13.8. The van der Waals surface area contributed by atoms with Crippen LogP contribution in [-0.2, 0) is 14.3 Å². The van der Waals surface area contributed by atoms with Gasteiger partial charge in [0.25, 0.3) is 0 Å². The highest BCUT2D eigenvalue weighted by molar-refractivity contribution is 5.84. The van der Waals surface area contributed by atoms with Crippen LogP contribution in [0.1, 0.15) is 113 Å². The van der Waals surface area contributed by atoms with Crippen molar-refractivity contribution in [1.82, 2.24) is 0 Å². The molecular weight excluding hydrogens is 424 g/mol. The molecule has 1 N–H and O–H groups in total. The Morgan fingerprint density at radius 1 is 1.00 bits per heavy atom. The molecule has 0 unspecified atom stereocenters. The fourth-order valence-corrected chi connectivity index (χ4v) is 10.1. The average molecular weight is 475 g/mol. The van der Waals surface area contributed by atoms with E-state index >= 15 is 0 Å². The predicted molar refractivity (Wildman–Crippen MR) is 134 cm³/mol. The number of rotatable bonds is 5. The maximum atomic E-state index is 13.8. The van der Waals surface area contributed by atoms with Gasteiger partial charge in [0.15, 0.2) is 5.79 Å². The molecule has 194 valence electrons. The molecule has 10 atom stereocenters. The van der Waals surface area contributed by atoms with Crippen LogP contribution in [0.5, 0.6) is 0 Å². The number of hydrogen-bond donors (Lipinski definition) is 1. The maximum Gasteiger partial charge on any atom is 0.163 e. The molecular formula is C30H50O4. The van der Waals surface area contributed by atoms with Crippen LogP contribution >= 0.6 is 0 Å². The monoisotopic (exact) mass is 474 g/mol. The lowest BCUT2D eigenvalue weighted by atomic mass is 9.43. The van der Waals surface area contributed by atoms with E-state index in [1.807, 2.05) is 27.7 Å². The quantitative estimate of drug-likeness (QED) is 0.492. The van der Waals surface area contributed by atoms with E-state index in [9.17, 15) is 9.90 Å². The minimum absolute atomic E-state index is 0.0107. The molecule has 0 aromatic carbocycles. The summed E-state index contributed by atoms with van der Waals surface area (Å²) < 4.78 is 12.6. The van der Waals surface area contributed by atoms with Gasteiger partial charge >= 0.3 is 0 Å². The Morgan fingerprint density at radius 2 is 1.68 bits per heavy atom. The highest BCUT2D eigenvalue weighted by Gasteiger charge is 2.66. The smallest absolute Gasteiger partial charge is 0.163 e. The molecule has 0 spiro atoms. The largest absolute Gasteiger partial charge is 0.390 e. The van der Waals surface area contributed by atoms with Crippen molar-refractivity contribution in [3.05, 3.63) is 0 Å². The molecule has 4 aliphatic carbocycles. The first kappa shape index (κ1) is 25.2. The Balaban J connectivity index is 1.33. The number of aliphatic hydroxyl groups is 1. The molecule has 1 aliphatic heterocycles. The SMILES string of the molecule is C[C@H](CCCC(C)(C)O)[C@H]1CC[C@H]2[C@@H]3CC(=O)[C@H]4[C@H]5OC(C)(C)O[C@H]5CC[C@]4(C)[C@H]3CC[C@]12C. The lowest BCUT2D eigenvalue weighted by molar-refractivity contribution is -0.178. The molecule has 5 fully saturated rings. The van der Waals surface area contributed by atoms with Crippen molar-refractivity contribution in [2.45, 2.75) is 136 Å². The first-order chi connectivity index (χ1) is 15.8. The van der Waals surface area contributed by atoms with E-state index < -0.39 is 11.4 Å². The Hall–Kier alpha value is -0.450. The minimum atomic E-state index is -0.567. The van der Waals surface area contributed by atoms with Gasteiger partial charge in [0.05, 0.1) is 23.7 Å². The van der Waals surface area contributed by atoms with Gasteiger partial charge in [-0.2, -0.15) is 0 Å². The predicted octanol–water partition coefficient (Wildman–Crippen LogP) is 6.53. The summed E-state index contributed by atoms with van der Waals surface area (Å²) in [5, 5.41) is 10.1. The van der Waals surface area contributed by atoms with Crippen molar-refractivity contribution in [3.8, 4) is 0 Å². The van der Waals surface area contributed by atoms with E-state index in [0.29, 0.717) is 34.9 Å². The molecule has 0 aromatic heterocycles. The summed E-state index contributed by atoms with van der Waals surface area (Å²) in [5.41, 5.74) is -0.135. The lowest BCUT2D eigenvalue weighted by Crippen LogP contribution is -2.61. The Labute approximate surface area is 207 Å². The van der Waals surface area contributed by atoms with E-state index in [2.05, 4.69) is 20.8 Å². The molecule has 0 aromatic rings. The lowest BCUT2D eigenvalue weighted by Gasteiger charge is -2.61.